The first-order chi connectivity index (χ1) is 24.3. The molecule has 50 heavy (non-hydrogen) atoms. The average Bonchev–Trinajstić information content (AvgIpc) is 3.15. The van der Waals surface area contributed by atoms with Gasteiger partial charge in [-0.2, -0.15) is 0 Å². The monoisotopic (exact) mass is 717 g/mol. The van der Waals surface area contributed by atoms with Crippen LogP contribution in [0.3, 0.4) is 0 Å². The van der Waals surface area contributed by atoms with Crippen molar-refractivity contribution in [3.8, 4) is 45.3 Å². The molecule has 264 valence electrons. The van der Waals surface area contributed by atoms with Gasteiger partial charge in [0.2, 0.25) is 11.8 Å². The maximum Gasteiger partial charge on any atom is 0.219 e. The summed E-state index contributed by atoms with van der Waals surface area (Å²) in [6.07, 6.45) is 5.59. The van der Waals surface area contributed by atoms with Crippen molar-refractivity contribution in [1.29, 1.82) is 0 Å². The normalized spacial score (nSPS) is 16.1. The molecule has 2 fully saturated rings. The van der Waals surface area contributed by atoms with Gasteiger partial charge < -0.3 is 24.8 Å². The summed E-state index contributed by atoms with van der Waals surface area (Å²) < 4.78 is 11.5. The minimum Gasteiger partial charge on any atom is -0.496 e. The van der Waals surface area contributed by atoms with Gasteiger partial charge in [-0.1, -0.05) is 59.6 Å². The Labute approximate surface area is 304 Å². The Balaban J connectivity index is 1.21. The third-order valence-electron chi connectivity index (χ3n) is 10.0. The van der Waals surface area contributed by atoms with Crippen molar-refractivity contribution in [2.45, 2.75) is 51.7 Å². The first-order valence-electron chi connectivity index (χ1n) is 17.3. The highest BCUT2D eigenvalue weighted by Crippen LogP contribution is 2.42. The van der Waals surface area contributed by atoms with Crippen LogP contribution in [0.4, 0.5) is 0 Å². The predicted molar refractivity (Wildman–Crippen MR) is 199 cm³/mol. The summed E-state index contributed by atoms with van der Waals surface area (Å²) in [5, 5.41) is 14.1. The first-order valence-corrected chi connectivity index (χ1v) is 18.0. The van der Waals surface area contributed by atoms with Crippen LogP contribution in [0.5, 0.6) is 11.6 Å². The number of likely N-dealkylation sites (tertiary alicyclic amines) is 2. The molecule has 2 N–H and O–H groups in total. The lowest BCUT2D eigenvalue weighted by molar-refractivity contribution is -0.129. The van der Waals surface area contributed by atoms with Crippen LogP contribution in [-0.4, -0.2) is 83.8 Å². The number of rotatable bonds is 11. The number of nitrogens with zero attached hydrogens (tertiary/aromatic N) is 4. The molecule has 0 radical (unpaired) electrons. The zero-order valence-corrected chi connectivity index (χ0v) is 30.4. The zero-order valence-electron chi connectivity index (χ0n) is 28.9. The topological polar surface area (TPSA) is 100 Å². The van der Waals surface area contributed by atoms with Crippen molar-refractivity contribution in [1.82, 2.24) is 25.1 Å². The molecule has 11 heteroatoms. The number of carbonyl (C=O) groups is 1. The molecule has 2 saturated heterocycles. The van der Waals surface area contributed by atoms with Gasteiger partial charge in [0.1, 0.15) is 5.75 Å². The van der Waals surface area contributed by atoms with Gasteiger partial charge in [-0.3, -0.25) is 14.7 Å². The number of hydrogen-bond donors (Lipinski definition) is 2. The third-order valence-corrected chi connectivity index (χ3v) is 10.8. The van der Waals surface area contributed by atoms with E-state index in [1.165, 1.54) is 0 Å². The number of halogens is 2. The van der Waals surface area contributed by atoms with Crippen molar-refractivity contribution in [2.75, 3.05) is 47.0 Å². The van der Waals surface area contributed by atoms with Crippen molar-refractivity contribution in [2.24, 2.45) is 5.92 Å². The van der Waals surface area contributed by atoms with Crippen LogP contribution >= 0.6 is 23.2 Å². The molecule has 2 aromatic heterocycles. The van der Waals surface area contributed by atoms with Crippen molar-refractivity contribution >= 4 is 29.1 Å². The molecule has 0 unspecified atom stereocenters. The number of amides is 1. The molecular formula is C39H45Cl2N5O4. The summed E-state index contributed by atoms with van der Waals surface area (Å²) >= 11 is 14.2. The van der Waals surface area contributed by atoms with Crippen LogP contribution < -0.4 is 14.8 Å². The fraction of sp³-hybridized carbons (Fsp3) is 0.410. The second-order valence-electron chi connectivity index (χ2n) is 13.1. The number of ether oxygens (including phenoxy) is 2. The molecule has 0 aliphatic carbocycles. The molecule has 9 nitrogen and oxygen atoms in total. The molecule has 0 spiro atoms. The van der Waals surface area contributed by atoms with Crippen LogP contribution in [0, 0.1) is 5.92 Å². The summed E-state index contributed by atoms with van der Waals surface area (Å²) in [5.41, 5.74) is 6.54. The van der Waals surface area contributed by atoms with E-state index in [1.807, 2.05) is 53.4 Å². The SMILES string of the molecule is COc1cc(-c2nccc(-c3cccc(-c4ccc(CNC5CCN(C(C)=O)CC5)c(OC)n4)c3Cl)c2Cl)ccc1CN1CCC(CO)CC1. The van der Waals surface area contributed by atoms with E-state index in [2.05, 4.69) is 21.3 Å². The molecule has 1 amide bonds. The van der Waals surface area contributed by atoms with E-state index >= 15 is 0 Å². The Hall–Kier alpha value is -3.73. The van der Waals surface area contributed by atoms with Gasteiger partial charge in [0, 0.05) is 85.3 Å². The lowest BCUT2D eigenvalue weighted by Gasteiger charge is -2.31. The number of nitrogens with one attached hydrogen (secondary N) is 1. The van der Waals surface area contributed by atoms with E-state index in [0.29, 0.717) is 45.8 Å². The van der Waals surface area contributed by atoms with E-state index in [-0.39, 0.29) is 12.5 Å². The summed E-state index contributed by atoms with van der Waals surface area (Å²) in [5.74, 6) is 1.85. The molecular weight excluding hydrogens is 673 g/mol. The summed E-state index contributed by atoms with van der Waals surface area (Å²) in [7, 11) is 3.31. The summed E-state index contributed by atoms with van der Waals surface area (Å²) in [6, 6.07) is 18.2. The van der Waals surface area contributed by atoms with Crippen LogP contribution in [-0.2, 0) is 17.9 Å². The maximum absolute atomic E-state index is 11.7. The lowest BCUT2D eigenvalue weighted by Crippen LogP contribution is -2.44. The molecule has 0 atom stereocenters. The molecule has 4 heterocycles. The van der Waals surface area contributed by atoms with Gasteiger partial charge in [0.25, 0.3) is 0 Å². The van der Waals surface area contributed by atoms with Gasteiger partial charge in [-0.05, 0) is 62.9 Å². The van der Waals surface area contributed by atoms with E-state index in [4.69, 9.17) is 37.7 Å². The van der Waals surface area contributed by atoms with Gasteiger partial charge in [-0.25, -0.2) is 4.98 Å². The summed E-state index contributed by atoms with van der Waals surface area (Å²) in [6.45, 7) is 6.73. The first kappa shape index (κ1) is 36.1. The fourth-order valence-electron chi connectivity index (χ4n) is 6.96. The Morgan fingerprint density at radius 2 is 1.62 bits per heavy atom. The number of pyridine rings is 2. The van der Waals surface area contributed by atoms with E-state index in [0.717, 1.165) is 97.5 Å². The molecule has 6 rings (SSSR count). The highest BCUT2D eigenvalue weighted by molar-refractivity contribution is 6.39. The molecule has 2 aromatic carbocycles. The van der Waals surface area contributed by atoms with Crippen molar-refractivity contribution in [3.05, 3.63) is 82.0 Å². The minimum atomic E-state index is 0.132. The van der Waals surface area contributed by atoms with Gasteiger partial charge in [0.15, 0.2) is 0 Å². The highest BCUT2D eigenvalue weighted by atomic mass is 35.5. The summed E-state index contributed by atoms with van der Waals surface area (Å²) in [4.78, 5) is 25.5. The Kier molecular flexibility index (Phi) is 11.9. The zero-order chi connectivity index (χ0) is 35.2. The number of benzene rings is 2. The number of methoxy groups -OCH3 is 2. The van der Waals surface area contributed by atoms with Crippen LogP contribution in [0.1, 0.15) is 43.7 Å². The molecule has 2 aliphatic rings. The second kappa shape index (κ2) is 16.5. The fourth-order valence-corrected chi connectivity index (χ4v) is 7.61. The third kappa shape index (κ3) is 8.08. The van der Waals surface area contributed by atoms with Crippen molar-refractivity contribution < 1.29 is 19.4 Å². The van der Waals surface area contributed by atoms with Gasteiger partial charge in [0.05, 0.1) is 35.7 Å². The quantitative estimate of drug-likeness (QED) is 0.170. The number of aromatic nitrogens is 2. The highest BCUT2D eigenvalue weighted by Gasteiger charge is 2.23. The van der Waals surface area contributed by atoms with E-state index in [9.17, 15) is 9.90 Å². The van der Waals surface area contributed by atoms with Crippen LogP contribution in [0.15, 0.2) is 60.8 Å². The average molecular weight is 719 g/mol. The standard InChI is InChI=1S/C39H45Cl2N5O4/c1-25(48)46-19-14-30(15-20-46)43-22-28-9-10-34(44-39(28)50-3)33-6-4-5-31(36(33)40)32-11-16-42-38(37(32)41)27-7-8-29(35(21-27)49-2)23-45-17-12-26(24-47)13-18-45/h4-11,16,21,26,30,43,47H,12-15,17-20,22-24H2,1-3H3. The van der Waals surface area contributed by atoms with Gasteiger partial charge >= 0.3 is 0 Å². The van der Waals surface area contributed by atoms with Gasteiger partial charge in [-0.15, -0.1) is 0 Å². The molecule has 0 saturated carbocycles. The largest absolute Gasteiger partial charge is 0.496 e. The lowest BCUT2D eigenvalue weighted by atomic mass is 9.97. The number of carbonyl (C=O) groups excluding carboxylic acids is 1. The predicted octanol–water partition coefficient (Wildman–Crippen LogP) is 7.11. The van der Waals surface area contributed by atoms with Crippen LogP contribution in [0.2, 0.25) is 10.0 Å². The molecule has 4 aromatic rings. The number of hydrogen-bond acceptors (Lipinski definition) is 8. The Morgan fingerprint density at radius 1 is 0.900 bits per heavy atom. The Bertz CT molecular complexity index is 1810. The second-order valence-corrected chi connectivity index (χ2v) is 13.9. The molecule has 0 bridgehead atoms. The number of aliphatic hydroxyl groups is 1. The minimum absolute atomic E-state index is 0.132. The van der Waals surface area contributed by atoms with E-state index < -0.39 is 0 Å². The maximum atomic E-state index is 11.7. The van der Waals surface area contributed by atoms with E-state index in [1.54, 1.807) is 27.3 Å². The number of aliphatic hydroxyl groups excluding tert-OH is 1. The smallest absolute Gasteiger partial charge is 0.219 e. The number of piperidine rings is 2. The molecule has 2 aliphatic heterocycles. The van der Waals surface area contributed by atoms with Crippen molar-refractivity contribution in [3.63, 3.8) is 0 Å². The Morgan fingerprint density at radius 3 is 2.32 bits per heavy atom. The van der Waals surface area contributed by atoms with Crippen LogP contribution in [0.25, 0.3) is 33.6 Å².